The summed E-state index contributed by atoms with van der Waals surface area (Å²) in [4.78, 5) is 38.1. The van der Waals surface area contributed by atoms with Gasteiger partial charge in [-0.25, -0.2) is 22.4 Å². The number of Topliss-reactive ketones (excluding diaryl/α,β-unsaturated/α-hetero) is 1. The van der Waals surface area contributed by atoms with Gasteiger partial charge < -0.3 is 19.1 Å². The van der Waals surface area contributed by atoms with E-state index >= 15 is 0 Å². The molecule has 1 unspecified atom stereocenters. The van der Waals surface area contributed by atoms with Crippen molar-refractivity contribution in [1.82, 2.24) is 0 Å². The number of carbonyl (C=O) groups is 3. The second-order valence-corrected chi connectivity index (χ2v) is 12.3. The molecule has 0 radical (unpaired) electrons. The molecule has 0 aliphatic carbocycles. The van der Waals surface area contributed by atoms with Gasteiger partial charge in [-0.3, -0.25) is 9.69 Å². The first-order chi connectivity index (χ1) is 22.0. The van der Waals surface area contributed by atoms with Crippen molar-refractivity contribution in [3.05, 3.63) is 124 Å². The molecule has 1 aromatic heterocycles. The van der Waals surface area contributed by atoms with E-state index in [2.05, 4.69) is 0 Å². The molecule has 0 saturated carbocycles. The van der Waals surface area contributed by atoms with Gasteiger partial charge in [-0.1, -0.05) is 42.5 Å². The number of carboxylic acid groups (broad SMARTS) is 1. The monoisotopic (exact) mass is 654 g/mol. The molecule has 4 heterocycles. The van der Waals surface area contributed by atoms with Crippen LogP contribution in [0.3, 0.4) is 0 Å². The minimum absolute atomic E-state index is 0.0171. The van der Waals surface area contributed by atoms with Gasteiger partial charge >= 0.3 is 6.09 Å². The molecule has 0 spiro atoms. The van der Waals surface area contributed by atoms with Gasteiger partial charge in [-0.2, -0.15) is 0 Å². The molecule has 4 aromatic rings. The van der Waals surface area contributed by atoms with Gasteiger partial charge in [0, 0.05) is 18.8 Å². The van der Waals surface area contributed by atoms with Crippen LogP contribution in [0.25, 0.3) is 0 Å². The van der Waals surface area contributed by atoms with Crippen LogP contribution >= 0.6 is 11.3 Å². The van der Waals surface area contributed by atoms with Crippen LogP contribution in [0.2, 0.25) is 0 Å². The molecular weight excluding hydrogens is 624 g/mol. The van der Waals surface area contributed by atoms with Gasteiger partial charge in [0.25, 0.3) is 0 Å². The van der Waals surface area contributed by atoms with Crippen molar-refractivity contribution in [1.29, 1.82) is 0 Å². The number of amides is 1. The fourth-order valence-electron chi connectivity index (χ4n) is 5.95. The van der Waals surface area contributed by atoms with Crippen LogP contribution in [0.5, 0.6) is 0 Å². The normalized spacial score (nSPS) is 19.9. The maximum atomic E-state index is 14.0. The van der Waals surface area contributed by atoms with E-state index in [9.17, 15) is 37.1 Å². The van der Waals surface area contributed by atoms with Gasteiger partial charge in [-0.05, 0) is 52.9 Å². The lowest BCUT2D eigenvalue weighted by molar-refractivity contribution is -0.938. The standard InChI is InChI=1S/C27H25F4N2O3S.C7H6O2/c28-19-3-1-4-20(13-19)32(14-17-11-21(29)26(31)22(30)12-17)27(35)36-24-16-33(8-6-18(24)7-9-33)15-23(34)25-5-2-10-37-25;8-7(9)6-4-2-1-3-5-6/h1-5,10-13,18,24H,6-9,14-16H2;1-5H,(H,8,9)/q+1;/p-1. The highest BCUT2D eigenvalue weighted by Crippen LogP contribution is 2.36. The predicted molar refractivity (Wildman–Crippen MR) is 161 cm³/mol. The molecule has 1 atom stereocenters. The number of thiophene rings is 1. The number of nitrogens with zero attached hydrogens (tertiary/aromatic N) is 2. The predicted octanol–water partition coefficient (Wildman–Crippen LogP) is 5.99. The number of rotatable bonds is 8. The Morgan fingerprint density at radius 2 is 1.59 bits per heavy atom. The zero-order valence-electron chi connectivity index (χ0n) is 24.5. The molecule has 46 heavy (non-hydrogen) atoms. The van der Waals surface area contributed by atoms with Gasteiger partial charge in [0.1, 0.15) is 18.9 Å². The van der Waals surface area contributed by atoms with Crippen LogP contribution < -0.4 is 10.0 Å². The second-order valence-electron chi connectivity index (χ2n) is 11.4. The molecule has 3 aliphatic rings. The number of hydrogen-bond donors (Lipinski definition) is 0. The van der Waals surface area contributed by atoms with Crippen molar-refractivity contribution in [2.75, 3.05) is 31.1 Å². The highest BCUT2D eigenvalue weighted by atomic mass is 32.1. The molecule has 2 bridgehead atoms. The summed E-state index contributed by atoms with van der Waals surface area (Å²) in [5.74, 6) is -5.94. The quantitative estimate of drug-likeness (QED) is 0.101. The van der Waals surface area contributed by atoms with Gasteiger partial charge in [0.05, 0.1) is 36.2 Å². The Kier molecular flexibility index (Phi) is 10.2. The lowest BCUT2D eigenvalue weighted by Gasteiger charge is -2.51. The number of hydrogen-bond acceptors (Lipinski definition) is 6. The van der Waals surface area contributed by atoms with Crippen LogP contribution in [0.15, 0.2) is 84.2 Å². The van der Waals surface area contributed by atoms with Crippen LogP contribution in [0, 0.1) is 29.2 Å². The second kappa shape index (κ2) is 14.3. The van der Waals surface area contributed by atoms with E-state index in [4.69, 9.17) is 4.74 Å². The number of benzene rings is 3. The summed E-state index contributed by atoms with van der Waals surface area (Å²) in [7, 11) is 0. The highest BCUT2D eigenvalue weighted by Gasteiger charge is 2.49. The van der Waals surface area contributed by atoms with Gasteiger partial charge in [0.2, 0.25) is 5.78 Å². The van der Waals surface area contributed by atoms with E-state index in [-0.39, 0.29) is 35.1 Å². The average molecular weight is 655 g/mol. The maximum absolute atomic E-state index is 14.0. The third-order valence-corrected chi connectivity index (χ3v) is 9.21. The Labute approximate surface area is 266 Å². The summed E-state index contributed by atoms with van der Waals surface area (Å²) in [6.45, 7) is 2.08. The minimum Gasteiger partial charge on any atom is -0.545 e. The smallest absolute Gasteiger partial charge is 0.415 e. The van der Waals surface area contributed by atoms with Crippen LogP contribution in [0.4, 0.5) is 28.0 Å². The fourth-order valence-corrected chi connectivity index (χ4v) is 6.61. The third-order valence-electron chi connectivity index (χ3n) is 8.30. The van der Waals surface area contributed by atoms with Gasteiger partial charge in [-0.15, -0.1) is 11.3 Å². The van der Waals surface area contributed by atoms with E-state index in [0.29, 0.717) is 22.4 Å². The van der Waals surface area contributed by atoms with Crippen molar-refractivity contribution in [2.45, 2.75) is 25.5 Å². The molecule has 240 valence electrons. The first kappa shape index (κ1) is 32.8. The number of piperidine rings is 3. The topological polar surface area (TPSA) is 86.7 Å². The zero-order chi connectivity index (χ0) is 32.8. The largest absolute Gasteiger partial charge is 0.545 e. The Hall–Kier alpha value is -4.55. The van der Waals surface area contributed by atoms with E-state index in [1.165, 1.54) is 41.7 Å². The van der Waals surface area contributed by atoms with Crippen molar-refractivity contribution in [3.63, 3.8) is 0 Å². The van der Waals surface area contributed by atoms with Crippen LogP contribution in [0.1, 0.15) is 38.4 Å². The first-order valence-electron chi connectivity index (χ1n) is 14.6. The summed E-state index contributed by atoms with van der Waals surface area (Å²) in [5.41, 5.74) is 0.335. The third kappa shape index (κ3) is 7.80. The number of carboxylic acids is 1. The number of fused-ring (bicyclic) bond motifs is 3. The summed E-state index contributed by atoms with van der Waals surface area (Å²) < 4.78 is 61.6. The molecule has 3 saturated heterocycles. The molecule has 1 amide bonds. The van der Waals surface area contributed by atoms with E-state index in [1.54, 1.807) is 24.3 Å². The van der Waals surface area contributed by atoms with Crippen molar-refractivity contribution >= 4 is 34.9 Å². The zero-order valence-corrected chi connectivity index (χ0v) is 25.4. The van der Waals surface area contributed by atoms with Crippen molar-refractivity contribution in [3.8, 4) is 0 Å². The Morgan fingerprint density at radius 1 is 0.891 bits per heavy atom. The lowest BCUT2D eigenvalue weighted by Crippen LogP contribution is -2.66. The molecule has 3 aromatic carbocycles. The van der Waals surface area contributed by atoms with Crippen LogP contribution in [-0.4, -0.2) is 54.6 Å². The Bertz CT molecular complexity index is 1670. The number of anilines is 1. The number of quaternary nitrogens is 1. The molecule has 3 fully saturated rings. The minimum atomic E-state index is -1.61. The molecule has 3 aliphatic heterocycles. The maximum Gasteiger partial charge on any atom is 0.415 e. The average Bonchev–Trinajstić information content (AvgIpc) is 3.59. The van der Waals surface area contributed by atoms with Gasteiger partial charge in [0.15, 0.2) is 23.6 Å². The van der Waals surface area contributed by atoms with Crippen molar-refractivity contribution in [2.24, 2.45) is 5.92 Å². The SMILES string of the molecule is O=C(C[N+]12CCC(CC1)C(OC(=O)N(Cc1cc(F)c(F)c(F)c1)c1cccc(F)c1)C2)c1cccs1.O=C([O-])c1ccccc1. The highest BCUT2D eigenvalue weighted by molar-refractivity contribution is 7.12. The van der Waals surface area contributed by atoms with E-state index in [1.807, 2.05) is 11.4 Å². The van der Waals surface area contributed by atoms with E-state index in [0.717, 1.165) is 49.0 Å². The molecule has 12 heteroatoms. The summed E-state index contributed by atoms with van der Waals surface area (Å²) >= 11 is 1.40. The summed E-state index contributed by atoms with van der Waals surface area (Å²) in [6, 6.07) is 18.5. The molecule has 7 rings (SSSR count). The summed E-state index contributed by atoms with van der Waals surface area (Å²) in [6.07, 6.45) is 0.315. The number of ether oxygens (including phenoxy) is 1. The first-order valence-corrected chi connectivity index (χ1v) is 15.5. The number of ketones is 1. The number of halogens is 4. The number of aromatic carboxylic acids is 1. The fraction of sp³-hybridized carbons (Fsp3) is 0.265. The molecule has 7 nitrogen and oxygen atoms in total. The number of carbonyl (C=O) groups excluding carboxylic acids is 3. The Balaban J connectivity index is 0.000000400. The van der Waals surface area contributed by atoms with Crippen LogP contribution in [-0.2, 0) is 11.3 Å². The lowest BCUT2D eigenvalue weighted by atomic mass is 9.83. The molecule has 0 N–H and O–H groups in total. The van der Waals surface area contributed by atoms with Crippen molar-refractivity contribution < 1.29 is 46.3 Å². The van der Waals surface area contributed by atoms with E-state index < -0.39 is 41.4 Å². The Morgan fingerprint density at radius 3 is 2.17 bits per heavy atom. The molecular formula is C34H30F4N2O5S. The summed E-state index contributed by atoms with van der Waals surface area (Å²) in [5, 5.41) is 12.0.